The lowest BCUT2D eigenvalue weighted by Gasteiger charge is -2.25. The highest BCUT2D eigenvalue weighted by Gasteiger charge is 2.28. The molecule has 2 heterocycles. The van der Waals surface area contributed by atoms with Gasteiger partial charge < -0.3 is 24.6 Å². The Morgan fingerprint density at radius 2 is 1.95 bits per heavy atom. The molecule has 3 rings (SSSR count). The van der Waals surface area contributed by atoms with Crippen LogP contribution in [0.5, 0.6) is 17.4 Å². The average molecular weight is 515 g/mol. The first kappa shape index (κ1) is 28.2. The monoisotopic (exact) mass is 514 g/mol. The minimum Gasteiger partial charge on any atom is -0.493 e. The van der Waals surface area contributed by atoms with Crippen LogP contribution in [-0.2, 0) is 12.0 Å². The summed E-state index contributed by atoms with van der Waals surface area (Å²) in [5.74, 6) is 1.98. The van der Waals surface area contributed by atoms with Crippen molar-refractivity contribution < 1.29 is 28.8 Å². The number of hydrogen-bond donors (Lipinski definition) is 2. The number of aryl methyl sites for hydroxylation is 1. The van der Waals surface area contributed by atoms with E-state index in [1.807, 2.05) is 39.8 Å². The van der Waals surface area contributed by atoms with E-state index in [0.717, 1.165) is 11.1 Å². The highest BCUT2D eigenvalue weighted by atomic mass is 16.5. The van der Waals surface area contributed by atoms with Crippen LogP contribution in [-0.4, -0.2) is 58.6 Å². The number of ether oxygens (including phenoxy) is 3. The van der Waals surface area contributed by atoms with Crippen LogP contribution in [0.2, 0.25) is 0 Å². The molecule has 0 spiro atoms. The highest BCUT2D eigenvalue weighted by molar-refractivity contribution is 5.96. The molecule has 0 unspecified atom stereocenters. The number of nitrogens with zero attached hydrogens (tertiary/aromatic N) is 4. The number of aromatic nitrogens is 4. The Morgan fingerprint density at radius 3 is 2.54 bits per heavy atom. The quantitative estimate of drug-likeness (QED) is 0.215. The van der Waals surface area contributed by atoms with Crippen molar-refractivity contribution in [3.05, 3.63) is 34.9 Å². The summed E-state index contributed by atoms with van der Waals surface area (Å²) in [6, 6.07) is 5.60. The summed E-state index contributed by atoms with van der Waals surface area (Å²) < 4.78 is 20.6. The molecule has 0 fully saturated rings. The fourth-order valence-corrected chi connectivity index (χ4v) is 3.94. The Balaban J connectivity index is 2.07. The number of fused-ring (bicyclic) bond motifs is 1. The smallest absolute Gasteiger partial charge is 0.358 e. The molecule has 0 amide bonds. The largest absolute Gasteiger partial charge is 0.493 e. The van der Waals surface area contributed by atoms with Crippen LogP contribution in [0.4, 0.5) is 5.95 Å². The van der Waals surface area contributed by atoms with E-state index in [1.54, 1.807) is 22.4 Å². The number of benzene rings is 1. The lowest BCUT2D eigenvalue weighted by molar-refractivity contribution is -0.714. The second-order valence-corrected chi connectivity index (χ2v) is 10.3. The van der Waals surface area contributed by atoms with Gasteiger partial charge in [-0.2, -0.15) is 0 Å². The van der Waals surface area contributed by atoms with Crippen molar-refractivity contribution in [1.29, 1.82) is 0 Å². The molecule has 0 atom stereocenters. The third-order valence-corrected chi connectivity index (χ3v) is 5.71. The first-order chi connectivity index (χ1) is 17.5. The normalized spacial score (nSPS) is 11.7. The minimum atomic E-state index is -0.296. The molecule has 0 aliphatic rings. The lowest BCUT2D eigenvalue weighted by Crippen LogP contribution is -2.40. The molecule has 3 aromatic rings. The summed E-state index contributed by atoms with van der Waals surface area (Å²) in [6.07, 6.45) is 0.477. The second kappa shape index (κ2) is 11.8. The van der Waals surface area contributed by atoms with E-state index in [4.69, 9.17) is 14.2 Å². The Kier molecular flexibility index (Phi) is 8.96. The summed E-state index contributed by atoms with van der Waals surface area (Å²) in [7, 11) is 1.59. The van der Waals surface area contributed by atoms with Crippen molar-refractivity contribution in [3.8, 4) is 17.4 Å². The van der Waals surface area contributed by atoms with E-state index in [-0.39, 0.29) is 30.4 Å². The molecule has 0 saturated heterocycles. The minimum absolute atomic E-state index is 0.00433. The Hall–Kier alpha value is -3.40. The zero-order chi connectivity index (χ0) is 27.3. The maximum Gasteiger partial charge on any atom is 0.358 e. The van der Waals surface area contributed by atoms with Gasteiger partial charge in [-0.1, -0.05) is 25.3 Å². The van der Waals surface area contributed by atoms with Crippen LogP contribution in [0, 0.1) is 6.92 Å². The summed E-state index contributed by atoms with van der Waals surface area (Å²) in [5, 5.41) is 21.8. The fraction of sp³-hybridized carbons (Fsp3) is 0.556. The Bertz CT molecular complexity index is 1250. The number of methoxy groups -OCH3 is 1. The summed E-state index contributed by atoms with van der Waals surface area (Å²) in [5.41, 5.74) is 2.58. The molecule has 0 bridgehead atoms. The molecule has 10 heteroatoms. The van der Waals surface area contributed by atoms with Gasteiger partial charge in [0.15, 0.2) is 18.0 Å². The first-order valence-electron chi connectivity index (χ1n) is 12.7. The number of hydrogen-bond acceptors (Lipinski definition) is 8. The van der Waals surface area contributed by atoms with Gasteiger partial charge in [0.2, 0.25) is 5.78 Å². The third-order valence-electron chi connectivity index (χ3n) is 5.71. The van der Waals surface area contributed by atoms with Crippen molar-refractivity contribution in [3.63, 3.8) is 0 Å². The predicted molar refractivity (Wildman–Crippen MR) is 141 cm³/mol. The van der Waals surface area contributed by atoms with Crippen LogP contribution < -0.4 is 24.2 Å². The standard InChI is InChI=1S/C27H40N5O5/c1-9-36-25-18(4)13-23-31(30-26(28-17(2)3)32(23)29-25)16-21(34)19-14-20(27(5,6)7)24(35-8)22(15-19)37-12-10-11-33/h13-15,17,33H,9-12,16H2,1-8H3,(H,28,30)/q+1. The van der Waals surface area contributed by atoms with E-state index in [0.29, 0.717) is 54.2 Å². The van der Waals surface area contributed by atoms with Gasteiger partial charge >= 0.3 is 11.6 Å². The topological polar surface area (TPSA) is 111 Å². The van der Waals surface area contributed by atoms with Crippen molar-refractivity contribution in [2.45, 2.75) is 72.9 Å². The van der Waals surface area contributed by atoms with Crippen molar-refractivity contribution in [2.24, 2.45) is 0 Å². The number of carbonyl (C=O) groups excluding carboxylic acids is 1. The molecule has 0 aliphatic heterocycles. The number of rotatable bonds is 12. The maximum absolute atomic E-state index is 13.6. The highest BCUT2D eigenvalue weighted by Crippen LogP contribution is 2.40. The van der Waals surface area contributed by atoms with Crippen molar-refractivity contribution >= 4 is 17.4 Å². The molecular weight excluding hydrogens is 474 g/mol. The average Bonchev–Trinajstić information content (AvgIpc) is 3.13. The lowest BCUT2D eigenvalue weighted by atomic mass is 9.84. The second-order valence-electron chi connectivity index (χ2n) is 10.3. The van der Waals surface area contributed by atoms with Crippen LogP contribution in [0.3, 0.4) is 0 Å². The number of carbonyl (C=O) groups is 1. The molecule has 1 aromatic carbocycles. The number of Topliss-reactive ketones (excluding diaryl/α,β-unsaturated/α-hetero) is 1. The van der Waals surface area contributed by atoms with E-state index < -0.39 is 0 Å². The van der Waals surface area contributed by atoms with Gasteiger partial charge in [0.25, 0.3) is 5.88 Å². The SMILES string of the molecule is CCOc1nn2c(NC(C)C)n[n+](CC(=O)c3cc(OCCCO)c(OC)c(C(C)(C)C)c3)c2cc1C. The van der Waals surface area contributed by atoms with Crippen LogP contribution >= 0.6 is 0 Å². The van der Waals surface area contributed by atoms with Crippen LogP contribution in [0.25, 0.3) is 5.65 Å². The fourth-order valence-electron chi connectivity index (χ4n) is 3.94. The number of anilines is 1. The Labute approximate surface area is 218 Å². The number of nitrogens with one attached hydrogen (secondary N) is 1. The summed E-state index contributed by atoms with van der Waals surface area (Å²) in [4.78, 5) is 13.6. The van der Waals surface area contributed by atoms with Gasteiger partial charge in [0.05, 0.1) is 20.3 Å². The van der Waals surface area contributed by atoms with Gasteiger partial charge in [0.1, 0.15) is 0 Å². The molecule has 0 saturated carbocycles. The number of aliphatic hydroxyl groups excluding tert-OH is 1. The number of aliphatic hydroxyl groups is 1. The summed E-state index contributed by atoms with van der Waals surface area (Å²) in [6.45, 7) is 14.9. The maximum atomic E-state index is 13.6. The Morgan fingerprint density at radius 1 is 1.22 bits per heavy atom. The van der Waals surface area contributed by atoms with E-state index in [9.17, 15) is 9.90 Å². The van der Waals surface area contributed by atoms with Gasteiger partial charge in [-0.15, -0.1) is 4.68 Å². The van der Waals surface area contributed by atoms with Crippen LogP contribution in [0.1, 0.15) is 69.4 Å². The molecular formula is C27H40N5O5+. The van der Waals surface area contributed by atoms with Gasteiger partial charge in [-0.25, -0.2) is 0 Å². The zero-order valence-corrected chi connectivity index (χ0v) is 23.2. The van der Waals surface area contributed by atoms with Crippen LogP contribution in [0.15, 0.2) is 18.2 Å². The van der Waals surface area contributed by atoms with Crippen molar-refractivity contribution in [2.75, 3.05) is 32.2 Å². The van der Waals surface area contributed by atoms with Crippen molar-refractivity contribution in [1.82, 2.24) is 14.7 Å². The van der Waals surface area contributed by atoms with Gasteiger partial charge in [0, 0.05) is 41.8 Å². The zero-order valence-electron chi connectivity index (χ0n) is 23.2. The molecule has 0 radical (unpaired) electrons. The van der Waals surface area contributed by atoms with E-state index in [1.165, 1.54) is 0 Å². The van der Waals surface area contributed by atoms with Gasteiger partial charge in [-0.3, -0.25) is 4.79 Å². The molecule has 37 heavy (non-hydrogen) atoms. The molecule has 0 aliphatic carbocycles. The molecule has 202 valence electrons. The first-order valence-corrected chi connectivity index (χ1v) is 12.7. The molecule has 10 nitrogen and oxygen atoms in total. The predicted octanol–water partition coefficient (Wildman–Crippen LogP) is 3.49. The number of ketones is 1. The van der Waals surface area contributed by atoms with Gasteiger partial charge in [-0.05, 0) is 55.4 Å². The van der Waals surface area contributed by atoms with E-state index in [2.05, 4.69) is 36.3 Å². The summed E-state index contributed by atoms with van der Waals surface area (Å²) >= 11 is 0. The van der Waals surface area contributed by atoms with E-state index >= 15 is 0 Å². The molecule has 2 N–H and O–H groups in total. The third kappa shape index (κ3) is 6.49. The molecule has 2 aromatic heterocycles.